The molecule has 2 heterocycles. The summed E-state index contributed by atoms with van der Waals surface area (Å²) in [5.74, 6) is -0.0531. The molecule has 0 aliphatic rings. The molecule has 0 bridgehead atoms. The number of anilines is 1. The van der Waals surface area contributed by atoms with Gasteiger partial charge >= 0.3 is 0 Å². The Bertz CT molecular complexity index is 905. The van der Waals surface area contributed by atoms with E-state index in [2.05, 4.69) is 26.4 Å². The lowest BCUT2D eigenvalue weighted by Crippen LogP contribution is -2.23. The molecule has 1 N–H and O–H groups in total. The molecule has 3 rings (SSSR count). The molecule has 0 aliphatic carbocycles. The van der Waals surface area contributed by atoms with Crippen molar-refractivity contribution < 1.29 is 4.79 Å². The van der Waals surface area contributed by atoms with E-state index in [1.54, 1.807) is 10.9 Å². The summed E-state index contributed by atoms with van der Waals surface area (Å²) in [5.41, 5.74) is 3.83. The largest absolute Gasteiger partial charge is 0.325 e. The number of thioether (sulfide) groups is 1. The van der Waals surface area contributed by atoms with Crippen LogP contribution in [0, 0.1) is 13.8 Å². The molecule has 0 fully saturated rings. The van der Waals surface area contributed by atoms with Gasteiger partial charge in [-0.05, 0) is 32.4 Å². The molecule has 2 aromatic heterocycles. The Morgan fingerprint density at radius 3 is 2.83 bits per heavy atom. The van der Waals surface area contributed by atoms with E-state index in [4.69, 9.17) is 0 Å². The molecule has 0 aliphatic heterocycles. The summed E-state index contributed by atoms with van der Waals surface area (Å²) < 4.78 is 1.70. The van der Waals surface area contributed by atoms with Gasteiger partial charge in [0.2, 0.25) is 5.91 Å². The van der Waals surface area contributed by atoms with Crippen LogP contribution in [0.4, 0.5) is 5.69 Å². The second-order valence-electron chi connectivity index (χ2n) is 5.75. The molecule has 3 aromatic rings. The molecule has 0 radical (unpaired) electrons. The first kappa shape index (κ1) is 16.4. The Hall–Kier alpha value is -2.41. The maximum absolute atomic E-state index is 12.5. The number of hydrogen-bond donors (Lipinski definition) is 1. The Morgan fingerprint density at radius 1 is 1.29 bits per heavy atom. The zero-order chi connectivity index (χ0) is 17.3. The van der Waals surface area contributed by atoms with Crippen molar-refractivity contribution in [3.05, 3.63) is 41.9 Å². The topological polar surface area (TPSA) is 72.7 Å². The maximum atomic E-state index is 12.5. The SMILES string of the molecule is Cc1ccc(NC(=O)C(C)Sc2ncnc3c2cnn3C)c(C)c1. The fraction of sp³-hybridized carbons (Fsp3) is 0.294. The van der Waals surface area contributed by atoms with Crippen molar-refractivity contribution in [1.82, 2.24) is 19.7 Å². The minimum absolute atomic E-state index is 0.0531. The van der Waals surface area contributed by atoms with Crippen molar-refractivity contribution in [3.8, 4) is 0 Å². The number of carbonyl (C=O) groups is 1. The van der Waals surface area contributed by atoms with Crippen LogP contribution in [0.5, 0.6) is 0 Å². The molecule has 1 amide bonds. The first-order chi connectivity index (χ1) is 11.5. The van der Waals surface area contributed by atoms with E-state index in [-0.39, 0.29) is 11.2 Å². The number of amides is 1. The third kappa shape index (κ3) is 3.26. The molecule has 1 atom stereocenters. The van der Waals surface area contributed by atoms with Crippen LogP contribution in [-0.4, -0.2) is 30.9 Å². The molecule has 0 saturated heterocycles. The normalized spacial score (nSPS) is 12.3. The fourth-order valence-corrected chi connectivity index (χ4v) is 3.32. The number of benzene rings is 1. The van der Waals surface area contributed by atoms with Gasteiger partial charge in [-0.25, -0.2) is 9.97 Å². The van der Waals surface area contributed by atoms with Crippen LogP contribution in [0.3, 0.4) is 0 Å². The number of fused-ring (bicyclic) bond motifs is 1. The minimum atomic E-state index is -0.288. The second-order valence-corrected chi connectivity index (χ2v) is 7.08. The Balaban J connectivity index is 1.76. The fourth-order valence-electron chi connectivity index (χ4n) is 2.44. The van der Waals surface area contributed by atoms with Gasteiger partial charge in [0.05, 0.1) is 16.8 Å². The Kier molecular flexibility index (Phi) is 4.53. The highest BCUT2D eigenvalue weighted by Crippen LogP contribution is 2.28. The summed E-state index contributed by atoms with van der Waals surface area (Å²) in [7, 11) is 1.83. The van der Waals surface area contributed by atoms with Gasteiger partial charge in [0, 0.05) is 12.7 Å². The maximum Gasteiger partial charge on any atom is 0.237 e. The number of aryl methyl sites for hydroxylation is 3. The van der Waals surface area contributed by atoms with Crippen molar-refractivity contribution in [3.63, 3.8) is 0 Å². The van der Waals surface area contributed by atoms with Crippen LogP contribution in [-0.2, 0) is 11.8 Å². The smallest absolute Gasteiger partial charge is 0.237 e. The predicted molar refractivity (Wildman–Crippen MR) is 96.2 cm³/mol. The number of rotatable bonds is 4. The minimum Gasteiger partial charge on any atom is -0.325 e. The summed E-state index contributed by atoms with van der Waals surface area (Å²) in [6.45, 7) is 5.89. The van der Waals surface area contributed by atoms with Crippen LogP contribution < -0.4 is 5.32 Å². The molecule has 0 saturated carbocycles. The second kappa shape index (κ2) is 6.60. The van der Waals surface area contributed by atoms with E-state index in [0.29, 0.717) is 0 Å². The Labute approximate surface area is 144 Å². The van der Waals surface area contributed by atoms with Crippen LogP contribution in [0.1, 0.15) is 18.1 Å². The molecular formula is C17H19N5OS. The van der Waals surface area contributed by atoms with E-state index >= 15 is 0 Å². The first-order valence-electron chi connectivity index (χ1n) is 7.63. The monoisotopic (exact) mass is 341 g/mol. The third-order valence-corrected chi connectivity index (χ3v) is 4.91. The van der Waals surface area contributed by atoms with Crippen LogP contribution in [0.2, 0.25) is 0 Å². The van der Waals surface area contributed by atoms with Crippen molar-refractivity contribution in [1.29, 1.82) is 0 Å². The number of carbonyl (C=O) groups excluding carboxylic acids is 1. The molecule has 1 unspecified atom stereocenters. The summed E-state index contributed by atoms with van der Waals surface area (Å²) in [6, 6.07) is 5.98. The average molecular weight is 341 g/mol. The standard InChI is InChI=1S/C17H19N5OS/c1-10-5-6-14(11(2)7-10)21-16(23)12(3)24-17-13-8-20-22(4)15(13)18-9-19-17/h5-9,12H,1-4H3,(H,21,23). The lowest BCUT2D eigenvalue weighted by molar-refractivity contribution is -0.115. The quantitative estimate of drug-likeness (QED) is 0.583. The molecule has 7 heteroatoms. The van der Waals surface area contributed by atoms with Crippen LogP contribution in [0.25, 0.3) is 11.0 Å². The van der Waals surface area contributed by atoms with Crippen molar-refractivity contribution >= 4 is 34.4 Å². The first-order valence-corrected chi connectivity index (χ1v) is 8.51. The van der Waals surface area contributed by atoms with Crippen molar-refractivity contribution in [2.75, 3.05) is 5.32 Å². The van der Waals surface area contributed by atoms with Gasteiger partial charge in [-0.3, -0.25) is 9.48 Å². The van der Waals surface area contributed by atoms with Gasteiger partial charge in [0.15, 0.2) is 5.65 Å². The van der Waals surface area contributed by atoms with Gasteiger partial charge in [0.25, 0.3) is 0 Å². The molecule has 0 spiro atoms. The third-order valence-electron chi connectivity index (χ3n) is 3.79. The van der Waals surface area contributed by atoms with Gasteiger partial charge in [0.1, 0.15) is 11.4 Å². The Morgan fingerprint density at radius 2 is 2.08 bits per heavy atom. The highest BCUT2D eigenvalue weighted by molar-refractivity contribution is 8.00. The highest BCUT2D eigenvalue weighted by Gasteiger charge is 2.18. The number of hydrogen-bond acceptors (Lipinski definition) is 5. The van der Waals surface area contributed by atoms with E-state index in [1.807, 2.05) is 40.0 Å². The van der Waals surface area contributed by atoms with E-state index < -0.39 is 0 Å². The summed E-state index contributed by atoms with van der Waals surface area (Å²) in [6.07, 6.45) is 3.23. The highest BCUT2D eigenvalue weighted by atomic mass is 32.2. The molecule has 24 heavy (non-hydrogen) atoms. The van der Waals surface area contributed by atoms with E-state index in [0.717, 1.165) is 27.3 Å². The lowest BCUT2D eigenvalue weighted by Gasteiger charge is -2.13. The van der Waals surface area contributed by atoms with Crippen molar-refractivity contribution in [2.45, 2.75) is 31.0 Å². The predicted octanol–water partition coefficient (Wildman–Crippen LogP) is 3.10. The van der Waals surface area contributed by atoms with Gasteiger partial charge in [-0.15, -0.1) is 0 Å². The summed E-state index contributed by atoms with van der Waals surface area (Å²) >= 11 is 1.41. The molecule has 124 valence electrons. The summed E-state index contributed by atoms with van der Waals surface area (Å²) in [5, 5.41) is 8.51. The molecular weight excluding hydrogens is 322 g/mol. The van der Waals surface area contributed by atoms with Crippen LogP contribution >= 0.6 is 11.8 Å². The van der Waals surface area contributed by atoms with Crippen LogP contribution in [0.15, 0.2) is 35.7 Å². The lowest BCUT2D eigenvalue weighted by atomic mass is 10.1. The summed E-state index contributed by atoms with van der Waals surface area (Å²) in [4.78, 5) is 21.0. The van der Waals surface area contributed by atoms with Gasteiger partial charge in [-0.2, -0.15) is 5.10 Å². The zero-order valence-electron chi connectivity index (χ0n) is 14.1. The van der Waals surface area contributed by atoms with E-state index in [9.17, 15) is 4.79 Å². The zero-order valence-corrected chi connectivity index (χ0v) is 14.9. The molecule has 6 nitrogen and oxygen atoms in total. The number of nitrogens with zero attached hydrogens (tertiary/aromatic N) is 4. The van der Waals surface area contributed by atoms with E-state index in [1.165, 1.54) is 23.7 Å². The van der Waals surface area contributed by atoms with Gasteiger partial charge in [-0.1, -0.05) is 29.5 Å². The molecule has 1 aromatic carbocycles. The average Bonchev–Trinajstić information content (AvgIpc) is 2.92. The number of aromatic nitrogens is 4. The van der Waals surface area contributed by atoms with Gasteiger partial charge < -0.3 is 5.32 Å². The number of nitrogens with one attached hydrogen (secondary N) is 1. The van der Waals surface area contributed by atoms with Crippen molar-refractivity contribution in [2.24, 2.45) is 7.05 Å².